The van der Waals surface area contributed by atoms with Crippen LogP contribution in [-0.2, 0) is 14.2 Å². The molecule has 1 rings (SSSR count). The average Bonchev–Trinajstić information content (AvgIpc) is 3.06. The van der Waals surface area contributed by atoms with Gasteiger partial charge in [0.1, 0.15) is 5.60 Å². The molecule has 0 saturated carbocycles. The van der Waals surface area contributed by atoms with Crippen LogP contribution in [-0.4, -0.2) is 70.3 Å². The Kier molecular flexibility index (Phi) is 14.7. The fraction of sp³-hybridized carbons (Fsp3) is 0.889. The number of alkyl carbamates (subject to hydrolysis) is 1. The Morgan fingerprint density at radius 3 is 2.59 bits per heavy atom. The van der Waals surface area contributed by atoms with Gasteiger partial charge in [0.05, 0.1) is 13.2 Å². The molecule has 0 radical (unpaired) electrons. The molecule has 3 N–H and O–H groups in total. The second-order valence-electron chi connectivity index (χ2n) is 7.27. The second kappa shape index (κ2) is 15.2. The van der Waals surface area contributed by atoms with Crippen LogP contribution in [0.1, 0.15) is 40.5 Å². The Balaban J connectivity index is 0.00000676. The van der Waals surface area contributed by atoms with Gasteiger partial charge in [0.2, 0.25) is 0 Å². The van der Waals surface area contributed by atoms with Crippen LogP contribution in [0.15, 0.2) is 4.99 Å². The quantitative estimate of drug-likeness (QED) is 0.184. The Hall–Kier alpha value is -0.810. The summed E-state index contributed by atoms with van der Waals surface area (Å²) in [4.78, 5) is 16.1. The highest BCUT2D eigenvalue weighted by molar-refractivity contribution is 14.0. The number of hydrogen-bond acceptors (Lipinski definition) is 5. The Bertz CT molecular complexity index is 424. The average molecular weight is 500 g/mol. The first kappa shape index (κ1) is 26.2. The lowest BCUT2D eigenvalue weighted by atomic mass is 10.1. The number of aliphatic imine (C=N–C) groups is 1. The molecule has 9 heteroatoms. The fourth-order valence-electron chi connectivity index (χ4n) is 2.32. The van der Waals surface area contributed by atoms with Crippen LogP contribution >= 0.6 is 24.0 Å². The summed E-state index contributed by atoms with van der Waals surface area (Å²) in [6, 6.07) is 0. The van der Waals surface area contributed by atoms with Crippen LogP contribution in [0.2, 0.25) is 0 Å². The van der Waals surface area contributed by atoms with Gasteiger partial charge in [0.25, 0.3) is 0 Å². The van der Waals surface area contributed by atoms with Gasteiger partial charge in [-0.25, -0.2) is 4.79 Å². The number of nitrogens with zero attached hydrogens (tertiary/aromatic N) is 1. The van der Waals surface area contributed by atoms with Crippen molar-refractivity contribution in [2.45, 2.75) is 46.1 Å². The minimum absolute atomic E-state index is 0. The normalized spacial score (nSPS) is 17.2. The second-order valence-corrected chi connectivity index (χ2v) is 7.27. The molecule has 0 aromatic heterocycles. The number of nitrogens with one attached hydrogen (secondary N) is 3. The van der Waals surface area contributed by atoms with Crippen molar-refractivity contribution in [2.24, 2.45) is 10.9 Å². The van der Waals surface area contributed by atoms with Gasteiger partial charge < -0.3 is 30.2 Å². The highest BCUT2D eigenvalue weighted by Crippen LogP contribution is 2.12. The van der Waals surface area contributed by atoms with Crippen LogP contribution < -0.4 is 16.0 Å². The molecule has 1 heterocycles. The van der Waals surface area contributed by atoms with Crippen molar-refractivity contribution < 1.29 is 19.0 Å². The molecule has 0 aromatic rings. The Morgan fingerprint density at radius 1 is 1.22 bits per heavy atom. The van der Waals surface area contributed by atoms with E-state index >= 15 is 0 Å². The van der Waals surface area contributed by atoms with Gasteiger partial charge in [0, 0.05) is 45.3 Å². The first-order valence-corrected chi connectivity index (χ1v) is 9.55. The summed E-state index contributed by atoms with van der Waals surface area (Å²) >= 11 is 0. The zero-order chi connectivity index (χ0) is 19.3. The first-order chi connectivity index (χ1) is 12.4. The van der Waals surface area contributed by atoms with E-state index in [2.05, 4.69) is 20.9 Å². The molecule has 0 spiro atoms. The number of rotatable bonds is 10. The maximum atomic E-state index is 11.6. The fourth-order valence-corrected chi connectivity index (χ4v) is 2.32. The van der Waals surface area contributed by atoms with E-state index in [4.69, 9.17) is 14.2 Å². The van der Waals surface area contributed by atoms with E-state index in [1.54, 1.807) is 0 Å². The summed E-state index contributed by atoms with van der Waals surface area (Å²) in [6.45, 7) is 13.2. The molecular weight excluding hydrogens is 463 g/mol. The third-order valence-corrected chi connectivity index (χ3v) is 3.52. The van der Waals surface area contributed by atoms with Crippen molar-refractivity contribution in [3.05, 3.63) is 0 Å². The summed E-state index contributed by atoms with van der Waals surface area (Å²) < 4.78 is 16.2. The van der Waals surface area contributed by atoms with Crippen molar-refractivity contribution in [2.75, 3.05) is 52.6 Å². The molecule has 1 fully saturated rings. The molecule has 1 aliphatic heterocycles. The van der Waals surface area contributed by atoms with Gasteiger partial charge >= 0.3 is 6.09 Å². The van der Waals surface area contributed by atoms with Crippen molar-refractivity contribution in [3.63, 3.8) is 0 Å². The molecule has 1 aliphatic rings. The third kappa shape index (κ3) is 14.9. The number of halogens is 1. The molecule has 1 unspecified atom stereocenters. The number of hydrogen-bond donors (Lipinski definition) is 3. The highest BCUT2D eigenvalue weighted by atomic mass is 127. The lowest BCUT2D eigenvalue weighted by Gasteiger charge is -2.19. The summed E-state index contributed by atoms with van der Waals surface area (Å²) in [6.07, 6.45) is 1.57. The molecule has 160 valence electrons. The number of amides is 1. The summed E-state index contributed by atoms with van der Waals surface area (Å²) in [5.41, 5.74) is -0.485. The maximum Gasteiger partial charge on any atom is 0.407 e. The maximum absolute atomic E-state index is 11.6. The van der Waals surface area contributed by atoms with E-state index in [0.717, 1.165) is 45.2 Å². The SMILES string of the molecule is CCNC(=NCCCOCC1CCOC1)NCCNC(=O)OC(C)(C)C.I. The Morgan fingerprint density at radius 2 is 1.96 bits per heavy atom. The molecule has 0 aliphatic carbocycles. The summed E-state index contributed by atoms with van der Waals surface area (Å²) in [5, 5.41) is 9.08. The van der Waals surface area contributed by atoms with E-state index in [1.807, 2.05) is 27.7 Å². The van der Waals surface area contributed by atoms with Crippen LogP contribution in [0.3, 0.4) is 0 Å². The van der Waals surface area contributed by atoms with Crippen LogP contribution in [0.4, 0.5) is 4.79 Å². The predicted octanol–water partition coefficient (Wildman–Crippen LogP) is 2.13. The van der Waals surface area contributed by atoms with E-state index in [1.165, 1.54) is 0 Å². The largest absolute Gasteiger partial charge is 0.444 e. The lowest BCUT2D eigenvalue weighted by Crippen LogP contribution is -2.42. The molecule has 1 amide bonds. The highest BCUT2D eigenvalue weighted by Gasteiger charge is 2.16. The standard InChI is InChI=1S/C18H36N4O4.HI/c1-5-19-16(21-9-10-22-17(23)26-18(2,3)4)20-8-6-11-24-13-15-7-12-25-14-15;/h15H,5-14H2,1-4H3,(H,22,23)(H2,19,20,21);1H. The van der Waals surface area contributed by atoms with Gasteiger partial charge in [-0.3, -0.25) is 4.99 Å². The number of ether oxygens (including phenoxy) is 3. The smallest absolute Gasteiger partial charge is 0.407 e. The molecule has 27 heavy (non-hydrogen) atoms. The molecule has 8 nitrogen and oxygen atoms in total. The molecule has 0 bridgehead atoms. The van der Waals surface area contributed by atoms with Gasteiger partial charge in [-0.15, -0.1) is 24.0 Å². The predicted molar refractivity (Wildman–Crippen MR) is 118 cm³/mol. The van der Waals surface area contributed by atoms with Crippen molar-refractivity contribution >= 4 is 36.0 Å². The monoisotopic (exact) mass is 500 g/mol. The van der Waals surface area contributed by atoms with Crippen molar-refractivity contribution in [3.8, 4) is 0 Å². The third-order valence-electron chi connectivity index (χ3n) is 3.52. The van der Waals surface area contributed by atoms with E-state index in [0.29, 0.717) is 32.2 Å². The first-order valence-electron chi connectivity index (χ1n) is 9.55. The Labute approximate surface area is 180 Å². The van der Waals surface area contributed by atoms with Gasteiger partial charge in [-0.05, 0) is 40.5 Å². The van der Waals surface area contributed by atoms with E-state index < -0.39 is 11.7 Å². The molecule has 1 saturated heterocycles. The number of carbonyl (C=O) groups is 1. The molecule has 0 aromatic carbocycles. The van der Waals surface area contributed by atoms with Gasteiger partial charge in [0.15, 0.2) is 5.96 Å². The minimum Gasteiger partial charge on any atom is -0.444 e. The lowest BCUT2D eigenvalue weighted by molar-refractivity contribution is 0.0529. The zero-order valence-electron chi connectivity index (χ0n) is 17.1. The summed E-state index contributed by atoms with van der Waals surface area (Å²) in [7, 11) is 0. The number of guanidine groups is 1. The van der Waals surface area contributed by atoms with E-state index in [-0.39, 0.29) is 24.0 Å². The van der Waals surface area contributed by atoms with Gasteiger partial charge in [-0.2, -0.15) is 0 Å². The van der Waals surface area contributed by atoms with E-state index in [9.17, 15) is 4.79 Å². The van der Waals surface area contributed by atoms with Crippen LogP contribution in [0, 0.1) is 5.92 Å². The van der Waals surface area contributed by atoms with Crippen LogP contribution in [0.25, 0.3) is 0 Å². The zero-order valence-corrected chi connectivity index (χ0v) is 19.5. The topological polar surface area (TPSA) is 93.2 Å². The minimum atomic E-state index is -0.485. The molecular formula is C18H37IN4O4. The van der Waals surface area contributed by atoms with Gasteiger partial charge in [-0.1, -0.05) is 0 Å². The van der Waals surface area contributed by atoms with Crippen molar-refractivity contribution in [1.82, 2.24) is 16.0 Å². The van der Waals surface area contributed by atoms with Crippen molar-refractivity contribution in [1.29, 1.82) is 0 Å². The van der Waals surface area contributed by atoms with Crippen LogP contribution in [0.5, 0.6) is 0 Å². The summed E-state index contributed by atoms with van der Waals surface area (Å²) in [5.74, 6) is 1.29. The number of carbonyl (C=O) groups excluding carboxylic acids is 1. The molecule has 1 atom stereocenters.